The van der Waals surface area contributed by atoms with Gasteiger partial charge in [0.15, 0.2) is 12.1 Å². The van der Waals surface area contributed by atoms with E-state index in [2.05, 4.69) is 17.9 Å². The minimum Gasteiger partial charge on any atom is -0.287 e. The molecule has 3 amide bonds. The van der Waals surface area contributed by atoms with Crippen LogP contribution in [0.1, 0.15) is 41.3 Å². The van der Waals surface area contributed by atoms with Crippen LogP contribution in [0.15, 0.2) is 60.7 Å². The number of quaternary nitrogens is 1. The number of carbonyl (C=O) groups excluding carboxylic acids is 3. The summed E-state index contributed by atoms with van der Waals surface area (Å²) in [6, 6.07) is 19.0. The van der Waals surface area contributed by atoms with Crippen LogP contribution in [0, 0.1) is 11.3 Å². The summed E-state index contributed by atoms with van der Waals surface area (Å²) in [5, 5.41) is 10.9. The monoisotopic (exact) mass is 479 g/mol. The number of imide groups is 1. The van der Waals surface area contributed by atoms with Crippen LogP contribution >= 0.6 is 0 Å². The number of Topliss-reactive ketones (excluding diaryl/α,β-unsaturated/α-hetero) is 1. The molecule has 0 aliphatic carbocycles. The number of urea groups is 1. The fourth-order valence-corrected chi connectivity index (χ4v) is 6.25. The van der Waals surface area contributed by atoms with Gasteiger partial charge in [-0.1, -0.05) is 61.9 Å². The number of amides is 3. The summed E-state index contributed by atoms with van der Waals surface area (Å²) >= 11 is 0. The topological polar surface area (TPSA) is 81.5 Å². The first-order valence-electron chi connectivity index (χ1n) is 12.5. The van der Waals surface area contributed by atoms with Gasteiger partial charge in [-0.25, -0.2) is 14.2 Å². The Hall–Kier alpha value is -3.86. The van der Waals surface area contributed by atoms with Gasteiger partial charge in [-0.3, -0.25) is 9.59 Å². The first-order chi connectivity index (χ1) is 17.5. The van der Waals surface area contributed by atoms with E-state index in [1.807, 2.05) is 48.5 Å². The number of benzene rings is 3. The lowest BCUT2D eigenvalue weighted by Gasteiger charge is -2.32. The second-order valence-electron chi connectivity index (χ2n) is 10.1. The first-order valence-corrected chi connectivity index (χ1v) is 12.5. The zero-order valence-electron chi connectivity index (χ0n) is 20.2. The number of hydrogen-bond donors (Lipinski definition) is 0. The molecule has 3 aromatic rings. The number of nitrogens with zero attached hydrogens (tertiary/aromatic N) is 4. The number of unbranched alkanes of at least 4 members (excludes halogenated alkanes) is 1. The number of rotatable bonds is 6. The van der Waals surface area contributed by atoms with Gasteiger partial charge >= 0.3 is 6.03 Å². The second-order valence-corrected chi connectivity index (χ2v) is 10.1. The zero-order valence-corrected chi connectivity index (χ0v) is 20.2. The van der Waals surface area contributed by atoms with Crippen molar-refractivity contribution in [3.8, 4) is 6.07 Å². The molecule has 36 heavy (non-hydrogen) atoms. The van der Waals surface area contributed by atoms with E-state index in [1.165, 1.54) is 10.5 Å². The highest BCUT2D eigenvalue weighted by Crippen LogP contribution is 2.45. The van der Waals surface area contributed by atoms with Crippen molar-refractivity contribution < 1.29 is 18.9 Å². The van der Waals surface area contributed by atoms with Gasteiger partial charge in [0, 0.05) is 16.3 Å². The summed E-state index contributed by atoms with van der Waals surface area (Å²) in [4.78, 5) is 44.9. The molecule has 0 N–H and O–H groups in total. The van der Waals surface area contributed by atoms with Crippen LogP contribution in [0.3, 0.4) is 0 Å². The molecule has 0 aromatic heterocycles. The summed E-state index contributed by atoms with van der Waals surface area (Å²) in [7, 11) is 0. The molecule has 1 spiro atoms. The summed E-state index contributed by atoms with van der Waals surface area (Å²) in [5.41, 5.74) is 2.75. The van der Waals surface area contributed by atoms with Crippen LogP contribution in [-0.2, 0) is 11.2 Å². The number of nitriles is 1. The molecule has 7 nitrogen and oxygen atoms in total. The van der Waals surface area contributed by atoms with Crippen molar-refractivity contribution >= 4 is 34.2 Å². The van der Waals surface area contributed by atoms with Gasteiger partial charge in [0.2, 0.25) is 5.78 Å². The number of carbonyl (C=O) groups is 3. The highest BCUT2D eigenvalue weighted by atomic mass is 16.2. The van der Waals surface area contributed by atoms with E-state index in [1.54, 1.807) is 12.1 Å². The van der Waals surface area contributed by atoms with Crippen molar-refractivity contribution in [1.29, 1.82) is 5.26 Å². The van der Waals surface area contributed by atoms with Crippen molar-refractivity contribution in [3.05, 3.63) is 77.4 Å². The molecular formula is C29H27N4O3+. The standard InChI is InChI=1S/C29H27N4O3/c1-2-3-6-19-9-11-20(12-10-19)27(34)25-16-31-17-26-28(35)32(29(36)33(25,26)18-31)24-14-13-21(15-30)22-7-4-5-8-23(22)24/h4-5,7-14,25-26H,2-3,6,16-18H2,1H3/q+1. The van der Waals surface area contributed by atoms with E-state index in [-0.39, 0.29) is 22.2 Å². The fraction of sp³-hybridized carbons (Fsp3) is 0.310. The van der Waals surface area contributed by atoms with Gasteiger partial charge in [-0.05, 0) is 30.5 Å². The molecule has 0 saturated carbocycles. The van der Waals surface area contributed by atoms with Gasteiger partial charge in [0.05, 0.1) is 30.4 Å². The van der Waals surface area contributed by atoms with Crippen LogP contribution in [0.2, 0.25) is 0 Å². The number of aryl methyl sites for hydroxylation is 1. The largest absolute Gasteiger partial charge is 0.433 e. The molecule has 3 aromatic carbocycles. The number of piperazine rings is 1. The molecule has 180 valence electrons. The van der Waals surface area contributed by atoms with Gasteiger partial charge in [-0.2, -0.15) is 10.2 Å². The molecule has 2 bridgehead atoms. The molecule has 3 saturated heterocycles. The SMILES string of the molecule is CCCCc1ccc(C(=O)C2CN3CC4C(=O)N(c5ccc(C#N)c6ccccc56)C(=O)[N+]24C3)cc1. The summed E-state index contributed by atoms with van der Waals surface area (Å²) in [5.74, 6) is -0.360. The van der Waals surface area contributed by atoms with Crippen LogP contribution < -0.4 is 4.90 Å². The molecule has 4 unspecified atom stereocenters. The fourth-order valence-electron chi connectivity index (χ4n) is 6.25. The minimum atomic E-state index is -0.615. The third kappa shape index (κ3) is 3.08. The van der Waals surface area contributed by atoms with Gasteiger partial charge in [-0.15, -0.1) is 0 Å². The van der Waals surface area contributed by atoms with Crippen LogP contribution in [0.5, 0.6) is 0 Å². The maximum absolute atomic E-state index is 14.1. The van der Waals surface area contributed by atoms with Crippen LogP contribution in [0.25, 0.3) is 10.8 Å². The average Bonchev–Trinajstić information content (AvgIpc) is 3.55. The molecule has 6 rings (SSSR count). The van der Waals surface area contributed by atoms with E-state index in [0.29, 0.717) is 47.3 Å². The highest BCUT2D eigenvalue weighted by molar-refractivity contribution is 6.22. The first kappa shape index (κ1) is 22.6. The Labute approximate surface area is 209 Å². The van der Waals surface area contributed by atoms with Gasteiger partial charge in [0.1, 0.15) is 6.67 Å². The molecule has 3 aliphatic heterocycles. The van der Waals surface area contributed by atoms with E-state index in [4.69, 9.17) is 0 Å². The van der Waals surface area contributed by atoms with Crippen molar-refractivity contribution in [2.24, 2.45) is 0 Å². The summed E-state index contributed by atoms with van der Waals surface area (Å²) < 4.78 is -0.163. The Balaban J connectivity index is 1.38. The van der Waals surface area contributed by atoms with E-state index >= 15 is 0 Å². The zero-order chi connectivity index (χ0) is 25.0. The van der Waals surface area contributed by atoms with Crippen molar-refractivity contribution in [2.45, 2.75) is 38.3 Å². The summed E-state index contributed by atoms with van der Waals surface area (Å²) in [6.07, 6.45) is 3.19. The molecule has 4 atom stereocenters. The molecular weight excluding hydrogens is 452 g/mol. The van der Waals surface area contributed by atoms with Gasteiger partial charge in [0.25, 0.3) is 5.91 Å². The lowest BCUT2D eigenvalue weighted by atomic mass is 9.97. The Kier molecular flexibility index (Phi) is 5.25. The predicted octanol–water partition coefficient (Wildman–Crippen LogP) is 4.24. The quantitative estimate of drug-likeness (QED) is 0.300. The lowest BCUT2D eigenvalue weighted by molar-refractivity contribution is -0.852. The Morgan fingerprint density at radius 1 is 1.03 bits per heavy atom. The lowest BCUT2D eigenvalue weighted by Crippen LogP contribution is -2.62. The number of fused-ring (bicyclic) bond motifs is 2. The summed E-state index contributed by atoms with van der Waals surface area (Å²) in [6.45, 7) is 3.45. The molecule has 3 heterocycles. The molecule has 3 fully saturated rings. The molecule has 3 aliphatic rings. The smallest absolute Gasteiger partial charge is 0.287 e. The normalized spacial score (nSPS) is 26.4. The molecule has 7 heteroatoms. The minimum absolute atomic E-state index is 0.0862. The number of ketones is 1. The predicted molar refractivity (Wildman–Crippen MR) is 135 cm³/mol. The van der Waals surface area contributed by atoms with Crippen LogP contribution in [-0.4, -0.2) is 58.9 Å². The maximum atomic E-state index is 14.1. The van der Waals surface area contributed by atoms with Crippen molar-refractivity contribution in [2.75, 3.05) is 24.7 Å². The third-order valence-corrected chi connectivity index (χ3v) is 8.08. The second kappa shape index (κ2) is 8.37. The molecule has 0 radical (unpaired) electrons. The van der Waals surface area contributed by atoms with Crippen molar-refractivity contribution in [3.63, 3.8) is 0 Å². The van der Waals surface area contributed by atoms with E-state index < -0.39 is 12.1 Å². The van der Waals surface area contributed by atoms with E-state index in [9.17, 15) is 19.6 Å². The third-order valence-electron chi connectivity index (χ3n) is 8.08. The van der Waals surface area contributed by atoms with E-state index in [0.717, 1.165) is 19.3 Å². The highest BCUT2D eigenvalue weighted by Gasteiger charge is 2.73. The van der Waals surface area contributed by atoms with Crippen molar-refractivity contribution in [1.82, 2.24) is 4.90 Å². The maximum Gasteiger partial charge on any atom is 0.433 e. The Bertz CT molecular complexity index is 1460. The number of anilines is 1. The van der Waals surface area contributed by atoms with Gasteiger partial charge < -0.3 is 0 Å². The Morgan fingerprint density at radius 2 is 1.78 bits per heavy atom. The van der Waals surface area contributed by atoms with Crippen LogP contribution in [0.4, 0.5) is 10.5 Å². The average molecular weight is 480 g/mol. The number of hydrogen-bond acceptors (Lipinski definition) is 5. The Morgan fingerprint density at radius 3 is 2.50 bits per heavy atom.